The second-order valence-electron chi connectivity index (χ2n) is 6.44. The van der Waals surface area contributed by atoms with Gasteiger partial charge in [-0.15, -0.1) is 0 Å². The Labute approximate surface area is 104 Å². The van der Waals surface area contributed by atoms with Crippen molar-refractivity contribution in [2.24, 2.45) is 5.41 Å². The topological polar surface area (TPSA) is 18.5 Å². The van der Waals surface area contributed by atoms with Crippen LogP contribution in [0.4, 0.5) is 0 Å². The van der Waals surface area contributed by atoms with E-state index in [4.69, 9.17) is 9.47 Å². The Hall–Kier alpha value is -0.600. The molecule has 0 aromatic rings. The molecule has 0 spiro atoms. The normalized spacial score (nSPS) is 33.2. The van der Waals surface area contributed by atoms with Gasteiger partial charge in [0.05, 0.1) is 25.4 Å². The standard InChI is InChI=1S/C15H22O2/c1-15(2,3)14-11-7-8-16-9-12(11)10-5-4-6-13(10)17-14/h7,13-14H,4-6,8-9H2,1-3H3/t13-,14+/m1/s1. The molecule has 0 N–H and O–H groups in total. The number of hydrogen-bond donors (Lipinski definition) is 0. The van der Waals surface area contributed by atoms with Crippen LogP contribution in [0.3, 0.4) is 0 Å². The van der Waals surface area contributed by atoms with Gasteiger partial charge < -0.3 is 9.47 Å². The third-order valence-electron chi connectivity index (χ3n) is 4.07. The molecule has 1 fully saturated rings. The first kappa shape index (κ1) is 11.5. The summed E-state index contributed by atoms with van der Waals surface area (Å²) in [5.41, 5.74) is 4.57. The number of rotatable bonds is 0. The van der Waals surface area contributed by atoms with E-state index in [-0.39, 0.29) is 11.5 Å². The lowest BCUT2D eigenvalue weighted by Crippen LogP contribution is -2.41. The third-order valence-corrected chi connectivity index (χ3v) is 4.07. The first-order valence-corrected chi connectivity index (χ1v) is 6.73. The monoisotopic (exact) mass is 234 g/mol. The van der Waals surface area contributed by atoms with Crippen molar-refractivity contribution in [3.8, 4) is 0 Å². The maximum atomic E-state index is 6.36. The van der Waals surface area contributed by atoms with Gasteiger partial charge in [0.2, 0.25) is 0 Å². The van der Waals surface area contributed by atoms with E-state index >= 15 is 0 Å². The van der Waals surface area contributed by atoms with Gasteiger partial charge in [0.15, 0.2) is 0 Å². The zero-order valence-corrected chi connectivity index (χ0v) is 11.1. The summed E-state index contributed by atoms with van der Waals surface area (Å²) >= 11 is 0. The molecule has 3 aliphatic rings. The third kappa shape index (κ3) is 1.88. The van der Waals surface area contributed by atoms with E-state index < -0.39 is 0 Å². The highest BCUT2D eigenvalue weighted by atomic mass is 16.5. The Morgan fingerprint density at radius 3 is 2.88 bits per heavy atom. The molecule has 2 atom stereocenters. The summed E-state index contributed by atoms with van der Waals surface area (Å²) in [5.74, 6) is 0. The smallest absolute Gasteiger partial charge is 0.0882 e. The van der Waals surface area contributed by atoms with Crippen molar-refractivity contribution in [3.63, 3.8) is 0 Å². The fraction of sp³-hybridized carbons (Fsp3) is 0.733. The minimum atomic E-state index is 0.169. The lowest BCUT2D eigenvalue weighted by molar-refractivity contribution is -0.0369. The molecule has 94 valence electrons. The second-order valence-corrected chi connectivity index (χ2v) is 6.44. The van der Waals surface area contributed by atoms with Gasteiger partial charge in [-0.25, -0.2) is 0 Å². The fourth-order valence-electron chi connectivity index (χ4n) is 3.28. The maximum absolute atomic E-state index is 6.36. The molecule has 0 radical (unpaired) electrons. The summed E-state index contributed by atoms with van der Waals surface area (Å²) in [7, 11) is 0. The molecule has 1 aliphatic carbocycles. The van der Waals surface area contributed by atoms with Gasteiger partial charge >= 0.3 is 0 Å². The minimum Gasteiger partial charge on any atom is -0.373 e. The summed E-state index contributed by atoms with van der Waals surface area (Å²) in [4.78, 5) is 0. The van der Waals surface area contributed by atoms with Crippen molar-refractivity contribution < 1.29 is 9.47 Å². The molecular weight excluding hydrogens is 212 g/mol. The van der Waals surface area contributed by atoms with Gasteiger partial charge in [-0.3, -0.25) is 0 Å². The van der Waals surface area contributed by atoms with Gasteiger partial charge in [-0.05, 0) is 41.4 Å². The molecule has 0 aromatic carbocycles. The van der Waals surface area contributed by atoms with Crippen molar-refractivity contribution in [3.05, 3.63) is 22.8 Å². The highest BCUT2D eigenvalue weighted by molar-refractivity contribution is 5.45. The van der Waals surface area contributed by atoms with Crippen LogP contribution in [0.15, 0.2) is 22.8 Å². The van der Waals surface area contributed by atoms with Gasteiger partial charge in [0.25, 0.3) is 0 Å². The number of fused-ring (bicyclic) bond motifs is 2. The van der Waals surface area contributed by atoms with Crippen molar-refractivity contribution in [2.45, 2.75) is 52.2 Å². The molecule has 2 nitrogen and oxygen atoms in total. The molecular formula is C15H22O2. The molecule has 2 aliphatic heterocycles. The first-order valence-electron chi connectivity index (χ1n) is 6.73. The summed E-state index contributed by atoms with van der Waals surface area (Å²) in [5, 5.41) is 0. The van der Waals surface area contributed by atoms with Crippen LogP contribution in [0, 0.1) is 5.41 Å². The van der Waals surface area contributed by atoms with Gasteiger partial charge in [0, 0.05) is 0 Å². The van der Waals surface area contributed by atoms with Crippen molar-refractivity contribution in [2.75, 3.05) is 13.2 Å². The minimum absolute atomic E-state index is 0.169. The second kappa shape index (κ2) is 3.96. The van der Waals surface area contributed by atoms with Gasteiger partial charge in [-0.1, -0.05) is 26.8 Å². The molecule has 0 bridgehead atoms. The maximum Gasteiger partial charge on any atom is 0.0882 e. The van der Waals surface area contributed by atoms with Crippen LogP contribution < -0.4 is 0 Å². The van der Waals surface area contributed by atoms with Crippen molar-refractivity contribution in [1.82, 2.24) is 0 Å². The molecule has 0 aromatic heterocycles. The Balaban J connectivity index is 2.05. The van der Waals surface area contributed by atoms with Crippen LogP contribution in [0.1, 0.15) is 40.0 Å². The van der Waals surface area contributed by atoms with E-state index in [9.17, 15) is 0 Å². The molecule has 0 unspecified atom stereocenters. The summed E-state index contributed by atoms with van der Waals surface area (Å²) < 4.78 is 12.0. The zero-order chi connectivity index (χ0) is 12.0. The van der Waals surface area contributed by atoms with Crippen LogP contribution in [-0.2, 0) is 9.47 Å². The van der Waals surface area contributed by atoms with Crippen LogP contribution in [0.5, 0.6) is 0 Å². The first-order chi connectivity index (χ1) is 8.07. The van der Waals surface area contributed by atoms with E-state index in [0.717, 1.165) is 13.2 Å². The van der Waals surface area contributed by atoms with Crippen LogP contribution in [-0.4, -0.2) is 25.4 Å². The Morgan fingerprint density at radius 1 is 1.29 bits per heavy atom. The molecule has 3 rings (SSSR count). The van der Waals surface area contributed by atoms with E-state index in [2.05, 4.69) is 26.8 Å². The van der Waals surface area contributed by atoms with E-state index in [1.807, 2.05) is 0 Å². The van der Waals surface area contributed by atoms with E-state index in [1.54, 1.807) is 0 Å². The summed E-state index contributed by atoms with van der Waals surface area (Å²) in [6, 6.07) is 0. The van der Waals surface area contributed by atoms with Crippen LogP contribution in [0.25, 0.3) is 0 Å². The quantitative estimate of drug-likeness (QED) is 0.640. The Bertz CT molecular complexity index is 384. The highest BCUT2D eigenvalue weighted by Gasteiger charge is 2.41. The average molecular weight is 234 g/mol. The van der Waals surface area contributed by atoms with Crippen molar-refractivity contribution >= 4 is 0 Å². The van der Waals surface area contributed by atoms with Gasteiger partial charge in [0.1, 0.15) is 0 Å². The van der Waals surface area contributed by atoms with Crippen molar-refractivity contribution in [1.29, 1.82) is 0 Å². The molecule has 17 heavy (non-hydrogen) atoms. The van der Waals surface area contributed by atoms with Crippen LogP contribution >= 0.6 is 0 Å². The van der Waals surface area contributed by atoms with E-state index in [0.29, 0.717) is 6.10 Å². The molecule has 2 heterocycles. The molecule has 2 heteroatoms. The number of hydrogen-bond acceptors (Lipinski definition) is 2. The largest absolute Gasteiger partial charge is 0.373 e. The molecule has 1 saturated carbocycles. The lowest BCUT2D eigenvalue weighted by atomic mass is 9.78. The Morgan fingerprint density at radius 2 is 2.12 bits per heavy atom. The molecule has 0 saturated heterocycles. The average Bonchev–Trinajstić information content (AvgIpc) is 2.74. The summed E-state index contributed by atoms with van der Waals surface area (Å²) in [6.07, 6.45) is 6.52. The summed E-state index contributed by atoms with van der Waals surface area (Å²) in [6.45, 7) is 8.35. The van der Waals surface area contributed by atoms with Gasteiger partial charge in [-0.2, -0.15) is 0 Å². The zero-order valence-electron chi connectivity index (χ0n) is 11.1. The molecule has 0 amide bonds. The highest BCUT2D eigenvalue weighted by Crippen LogP contribution is 2.45. The Kier molecular flexibility index (Phi) is 2.68. The predicted molar refractivity (Wildman–Crippen MR) is 67.9 cm³/mol. The predicted octanol–water partition coefficient (Wildman–Crippen LogP) is 3.24. The lowest BCUT2D eigenvalue weighted by Gasteiger charge is -2.41. The van der Waals surface area contributed by atoms with E-state index in [1.165, 1.54) is 36.0 Å². The SMILES string of the molecule is CC(C)(C)[C@H]1O[C@@H]2CCCC2=C2COCC=C21. The fourth-order valence-corrected chi connectivity index (χ4v) is 3.28. The number of ether oxygens (including phenoxy) is 2. The van der Waals surface area contributed by atoms with Crippen LogP contribution in [0.2, 0.25) is 0 Å².